The van der Waals surface area contributed by atoms with Gasteiger partial charge in [-0.15, -0.1) is 0 Å². The molecule has 1 N–H and O–H groups in total. The molecule has 0 unspecified atom stereocenters. The zero-order valence-electron chi connectivity index (χ0n) is 10.5. The first-order valence-corrected chi connectivity index (χ1v) is 5.88. The summed E-state index contributed by atoms with van der Waals surface area (Å²) >= 11 is 0. The van der Waals surface area contributed by atoms with Crippen molar-refractivity contribution in [3.63, 3.8) is 0 Å². The average Bonchev–Trinajstić information content (AvgIpc) is 2.27. The molecule has 0 aliphatic rings. The number of aromatic nitrogens is 2. The zero-order valence-corrected chi connectivity index (χ0v) is 10.5. The molecular formula is C12H22N4. The lowest BCUT2D eigenvalue weighted by molar-refractivity contribution is 0.409. The smallest absolute Gasteiger partial charge is 0.129 e. The minimum atomic E-state index is 0.839. The lowest BCUT2D eigenvalue weighted by Gasteiger charge is -2.09. The average molecular weight is 222 g/mol. The quantitative estimate of drug-likeness (QED) is 0.701. The summed E-state index contributed by atoms with van der Waals surface area (Å²) in [7, 11) is 4.12. The van der Waals surface area contributed by atoms with Gasteiger partial charge in [0.1, 0.15) is 5.82 Å². The minimum absolute atomic E-state index is 0.839. The summed E-state index contributed by atoms with van der Waals surface area (Å²) in [5, 5.41) is 3.34. The van der Waals surface area contributed by atoms with E-state index in [4.69, 9.17) is 0 Å². The van der Waals surface area contributed by atoms with Crippen LogP contribution in [-0.2, 0) is 13.0 Å². The Balaban J connectivity index is 2.43. The lowest BCUT2D eigenvalue weighted by atomic mass is 10.3. The van der Waals surface area contributed by atoms with Gasteiger partial charge in [-0.25, -0.2) is 9.97 Å². The van der Waals surface area contributed by atoms with Gasteiger partial charge in [0.05, 0.1) is 5.69 Å². The van der Waals surface area contributed by atoms with Gasteiger partial charge in [0.25, 0.3) is 0 Å². The Kier molecular flexibility index (Phi) is 5.96. The van der Waals surface area contributed by atoms with Crippen molar-refractivity contribution in [3.05, 3.63) is 23.8 Å². The molecule has 1 aromatic rings. The fourth-order valence-electron chi connectivity index (χ4n) is 1.38. The third kappa shape index (κ3) is 5.19. The van der Waals surface area contributed by atoms with Crippen molar-refractivity contribution in [1.29, 1.82) is 0 Å². The van der Waals surface area contributed by atoms with Gasteiger partial charge >= 0.3 is 0 Å². The molecule has 0 amide bonds. The van der Waals surface area contributed by atoms with Crippen molar-refractivity contribution >= 4 is 0 Å². The van der Waals surface area contributed by atoms with Gasteiger partial charge in [0.15, 0.2) is 0 Å². The van der Waals surface area contributed by atoms with E-state index in [2.05, 4.69) is 41.2 Å². The van der Waals surface area contributed by atoms with E-state index in [1.165, 1.54) is 0 Å². The van der Waals surface area contributed by atoms with E-state index in [-0.39, 0.29) is 0 Å². The molecule has 0 aliphatic carbocycles. The van der Waals surface area contributed by atoms with Crippen molar-refractivity contribution in [2.75, 3.05) is 27.2 Å². The van der Waals surface area contributed by atoms with Gasteiger partial charge in [-0.2, -0.15) is 0 Å². The van der Waals surface area contributed by atoms with Crippen LogP contribution in [-0.4, -0.2) is 42.1 Å². The number of hydrogen-bond donors (Lipinski definition) is 1. The van der Waals surface area contributed by atoms with Crippen LogP contribution >= 0.6 is 0 Å². The number of hydrogen-bond acceptors (Lipinski definition) is 4. The molecule has 0 aliphatic heterocycles. The SMILES string of the molecule is CCCNCc1ccnc(CCN(C)C)n1. The summed E-state index contributed by atoms with van der Waals surface area (Å²) in [6, 6.07) is 1.97. The van der Waals surface area contributed by atoms with Crippen molar-refractivity contribution in [2.24, 2.45) is 0 Å². The van der Waals surface area contributed by atoms with Crippen LogP contribution < -0.4 is 5.32 Å². The maximum absolute atomic E-state index is 4.52. The maximum Gasteiger partial charge on any atom is 0.129 e. The molecule has 0 radical (unpaired) electrons. The third-order valence-corrected chi connectivity index (χ3v) is 2.28. The summed E-state index contributed by atoms with van der Waals surface area (Å²) in [6.07, 6.45) is 3.91. The van der Waals surface area contributed by atoms with E-state index in [9.17, 15) is 0 Å². The van der Waals surface area contributed by atoms with Gasteiger partial charge in [-0.3, -0.25) is 0 Å². The first kappa shape index (κ1) is 13.1. The summed E-state index contributed by atoms with van der Waals surface area (Å²) < 4.78 is 0. The fourth-order valence-corrected chi connectivity index (χ4v) is 1.38. The minimum Gasteiger partial charge on any atom is -0.311 e. The lowest BCUT2D eigenvalue weighted by Crippen LogP contribution is -2.18. The van der Waals surface area contributed by atoms with Crippen LogP contribution in [0.5, 0.6) is 0 Å². The number of likely N-dealkylation sites (N-methyl/N-ethyl adjacent to an activating group) is 1. The van der Waals surface area contributed by atoms with Gasteiger partial charge in [-0.1, -0.05) is 6.92 Å². The Bertz CT molecular complexity index is 299. The van der Waals surface area contributed by atoms with Gasteiger partial charge in [0, 0.05) is 25.7 Å². The van der Waals surface area contributed by atoms with Crippen LogP contribution in [0.15, 0.2) is 12.3 Å². The predicted molar refractivity (Wildman–Crippen MR) is 66.3 cm³/mol. The molecule has 0 saturated heterocycles. The van der Waals surface area contributed by atoms with Crippen LogP contribution in [0.1, 0.15) is 24.9 Å². The second kappa shape index (κ2) is 7.30. The Morgan fingerprint density at radius 3 is 2.88 bits per heavy atom. The summed E-state index contributed by atoms with van der Waals surface area (Å²) in [4.78, 5) is 10.9. The molecule has 4 heteroatoms. The molecule has 1 rings (SSSR count). The van der Waals surface area contributed by atoms with Crippen LogP contribution in [0, 0.1) is 0 Å². The predicted octanol–water partition coefficient (Wildman–Crippen LogP) is 1.08. The van der Waals surface area contributed by atoms with E-state index < -0.39 is 0 Å². The Labute approximate surface area is 98.1 Å². The standard InChI is InChI=1S/C12H22N4/c1-4-7-13-10-11-5-8-14-12(15-11)6-9-16(2)3/h5,8,13H,4,6-7,9-10H2,1-3H3. The first-order valence-electron chi connectivity index (χ1n) is 5.88. The molecule has 0 bridgehead atoms. The van der Waals surface area contributed by atoms with Gasteiger partial charge in [0.2, 0.25) is 0 Å². The van der Waals surface area contributed by atoms with Crippen LogP contribution in [0.2, 0.25) is 0 Å². The summed E-state index contributed by atoms with van der Waals surface area (Å²) in [6.45, 7) is 5.03. The second-order valence-corrected chi connectivity index (χ2v) is 4.19. The van der Waals surface area contributed by atoms with E-state index >= 15 is 0 Å². The molecule has 0 aromatic carbocycles. The molecule has 0 saturated carbocycles. The fraction of sp³-hybridized carbons (Fsp3) is 0.667. The Morgan fingerprint density at radius 1 is 1.38 bits per heavy atom. The molecule has 0 fully saturated rings. The van der Waals surface area contributed by atoms with E-state index in [1.54, 1.807) is 0 Å². The van der Waals surface area contributed by atoms with Crippen molar-refractivity contribution in [3.8, 4) is 0 Å². The van der Waals surface area contributed by atoms with Crippen molar-refractivity contribution < 1.29 is 0 Å². The highest BCUT2D eigenvalue weighted by atomic mass is 15.1. The van der Waals surface area contributed by atoms with Crippen LogP contribution in [0.4, 0.5) is 0 Å². The molecule has 0 spiro atoms. The van der Waals surface area contributed by atoms with E-state index in [0.29, 0.717) is 0 Å². The number of nitrogens with one attached hydrogen (secondary N) is 1. The summed E-state index contributed by atoms with van der Waals surface area (Å²) in [5.41, 5.74) is 1.08. The maximum atomic E-state index is 4.52. The zero-order chi connectivity index (χ0) is 11.8. The van der Waals surface area contributed by atoms with Crippen LogP contribution in [0.25, 0.3) is 0 Å². The van der Waals surface area contributed by atoms with Gasteiger partial charge < -0.3 is 10.2 Å². The molecule has 1 heterocycles. The van der Waals surface area contributed by atoms with Crippen molar-refractivity contribution in [1.82, 2.24) is 20.2 Å². The Hall–Kier alpha value is -1.00. The Morgan fingerprint density at radius 2 is 2.19 bits per heavy atom. The number of rotatable bonds is 7. The van der Waals surface area contributed by atoms with Gasteiger partial charge in [-0.05, 0) is 33.1 Å². The molecule has 0 atom stereocenters. The van der Waals surface area contributed by atoms with Crippen molar-refractivity contribution in [2.45, 2.75) is 26.3 Å². The monoisotopic (exact) mass is 222 g/mol. The molecule has 16 heavy (non-hydrogen) atoms. The number of nitrogens with zero attached hydrogens (tertiary/aromatic N) is 3. The molecule has 90 valence electrons. The summed E-state index contributed by atoms with van der Waals surface area (Å²) in [5.74, 6) is 0.935. The topological polar surface area (TPSA) is 41.1 Å². The van der Waals surface area contributed by atoms with Crippen LogP contribution in [0.3, 0.4) is 0 Å². The highest BCUT2D eigenvalue weighted by Crippen LogP contribution is 1.97. The van der Waals surface area contributed by atoms with E-state index in [0.717, 1.165) is 44.0 Å². The molecule has 4 nitrogen and oxygen atoms in total. The normalized spacial score (nSPS) is 11.0. The largest absolute Gasteiger partial charge is 0.311 e. The van der Waals surface area contributed by atoms with E-state index in [1.807, 2.05) is 12.3 Å². The highest BCUT2D eigenvalue weighted by Gasteiger charge is 2.00. The molecular weight excluding hydrogens is 200 g/mol. The highest BCUT2D eigenvalue weighted by molar-refractivity contribution is 5.02. The molecule has 1 aromatic heterocycles. The first-order chi connectivity index (χ1) is 7.72. The second-order valence-electron chi connectivity index (χ2n) is 4.19. The third-order valence-electron chi connectivity index (χ3n) is 2.28.